The molecule has 0 atom stereocenters. The molecule has 0 aliphatic carbocycles. The van der Waals surface area contributed by atoms with Crippen LogP contribution >= 0.6 is 39.5 Å². The van der Waals surface area contributed by atoms with Crippen molar-refractivity contribution >= 4 is 55.5 Å². The van der Waals surface area contributed by atoms with Gasteiger partial charge in [-0.05, 0) is 28.8 Å². The molecular formula is C12H18BrN3OS2. The lowest BCUT2D eigenvalue weighted by Gasteiger charge is -2.30. The van der Waals surface area contributed by atoms with Crippen LogP contribution in [0.2, 0.25) is 0 Å². The Labute approximate surface area is 131 Å². The van der Waals surface area contributed by atoms with Crippen LogP contribution in [0.25, 0.3) is 0 Å². The van der Waals surface area contributed by atoms with Gasteiger partial charge < -0.3 is 11.1 Å². The van der Waals surface area contributed by atoms with Crippen LogP contribution in [-0.4, -0.2) is 15.9 Å². The highest BCUT2D eigenvalue weighted by Crippen LogP contribution is 2.33. The van der Waals surface area contributed by atoms with Crippen LogP contribution in [0.4, 0.5) is 5.13 Å². The standard InChI is InChI=1S/C12H18BrN3OS2/c1-3-5-12(6-4-2,9(14)18)10(17)16-11-15-7-8(13)19-11/h7H,3-6H2,1-2H3,(H2,14,18)(H,15,16,17). The topological polar surface area (TPSA) is 68.0 Å². The molecule has 4 nitrogen and oxygen atoms in total. The number of nitrogens with two attached hydrogens (primary N) is 1. The molecule has 0 saturated heterocycles. The Morgan fingerprint density at radius 3 is 2.47 bits per heavy atom. The molecule has 106 valence electrons. The van der Waals surface area contributed by atoms with Crippen molar-refractivity contribution in [1.29, 1.82) is 0 Å². The lowest BCUT2D eigenvalue weighted by atomic mass is 9.78. The Hall–Kier alpha value is -0.530. The van der Waals surface area contributed by atoms with Gasteiger partial charge in [-0.1, -0.05) is 50.2 Å². The van der Waals surface area contributed by atoms with Crippen molar-refractivity contribution in [3.05, 3.63) is 9.98 Å². The van der Waals surface area contributed by atoms with E-state index in [9.17, 15) is 4.79 Å². The predicted octanol–water partition coefficient (Wildman–Crippen LogP) is 3.72. The van der Waals surface area contributed by atoms with Gasteiger partial charge in [-0.15, -0.1) is 0 Å². The molecule has 19 heavy (non-hydrogen) atoms. The lowest BCUT2D eigenvalue weighted by Crippen LogP contribution is -2.46. The maximum atomic E-state index is 12.5. The summed E-state index contributed by atoms with van der Waals surface area (Å²) in [6.07, 6.45) is 4.68. The summed E-state index contributed by atoms with van der Waals surface area (Å²) in [5.41, 5.74) is 5.08. The molecule has 7 heteroatoms. The number of carbonyl (C=O) groups is 1. The molecule has 1 aromatic rings. The smallest absolute Gasteiger partial charge is 0.239 e. The number of nitrogens with one attached hydrogen (secondary N) is 1. The number of aromatic nitrogens is 1. The molecule has 0 aliphatic rings. The van der Waals surface area contributed by atoms with Crippen molar-refractivity contribution in [2.75, 3.05) is 5.32 Å². The first-order chi connectivity index (χ1) is 8.96. The first-order valence-electron chi connectivity index (χ1n) is 6.19. The van der Waals surface area contributed by atoms with Crippen LogP contribution in [0.15, 0.2) is 9.98 Å². The number of hydrogen-bond acceptors (Lipinski definition) is 4. The molecule has 0 spiro atoms. The van der Waals surface area contributed by atoms with Gasteiger partial charge in [0.2, 0.25) is 5.91 Å². The zero-order valence-corrected chi connectivity index (χ0v) is 14.3. The molecule has 3 N–H and O–H groups in total. The van der Waals surface area contributed by atoms with E-state index >= 15 is 0 Å². The van der Waals surface area contributed by atoms with Gasteiger partial charge in [0.1, 0.15) is 0 Å². The number of carbonyl (C=O) groups excluding carboxylic acids is 1. The van der Waals surface area contributed by atoms with Gasteiger partial charge in [0, 0.05) is 0 Å². The Bertz CT molecular complexity index is 456. The molecule has 1 rings (SSSR count). The maximum absolute atomic E-state index is 12.5. The van der Waals surface area contributed by atoms with Gasteiger partial charge in [0.15, 0.2) is 5.13 Å². The minimum Gasteiger partial charge on any atom is -0.392 e. The zero-order valence-electron chi connectivity index (χ0n) is 11.0. The van der Waals surface area contributed by atoms with Crippen LogP contribution in [0.5, 0.6) is 0 Å². The van der Waals surface area contributed by atoms with Crippen LogP contribution in [-0.2, 0) is 4.79 Å². The second kappa shape index (κ2) is 7.31. The number of thiocarbonyl (C=S) groups is 1. The van der Waals surface area contributed by atoms with E-state index in [4.69, 9.17) is 18.0 Å². The Morgan fingerprint density at radius 2 is 2.11 bits per heavy atom. The van der Waals surface area contributed by atoms with Crippen molar-refractivity contribution in [3.63, 3.8) is 0 Å². The van der Waals surface area contributed by atoms with Crippen LogP contribution in [0.3, 0.4) is 0 Å². The average Bonchev–Trinajstić information content (AvgIpc) is 2.73. The normalized spacial score (nSPS) is 11.3. The van der Waals surface area contributed by atoms with Gasteiger partial charge in [-0.3, -0.25) is 4.79 Å². The Morgan fingerprint density at radius 1 is 1.53 bits per heavy atom. The van der Waals surface area contributed by atoms with E-state index in [1.54, 1.807) is 6.20 Å². The molecule has 0 aromatic carbocycles. The summed E-state index contributed by atoms with van der Waals surface area (Å²) in [7, 11) is 0. The molecule has 0 fully saturated rings. The van der Waals surface area contributed by atoms with E-state index in [0.29, 0.717) is 18.0 Å². The number of halogens is 1. The summed E-state index contributed by atoms with van der Waals surface area (Å²) in [6, 6.07) is 0. The van der Waals surface area contributed by atoms with Crippen LogP contribution < -0.4 is 11.1 Å². The van der Waals surface area contributed by atoms with E-state index in [0.717, 1.165) is 16.6 Å². The highest BCUT2D eigenvalue weighted by molar-refractivity contribution is 9.11. The monoisotopic (exact) mass is 363 g/mol. The minimum absolute atomic E-state index is 0.148. The number of rotatable bonds is 7. The molecule has 0 saturated carbocycles. The average molecular weight is 364 g/mol. The van der Waals surface area contributed by atoms with Crippen LogP contribution in [0, 0.1) is 5.41 Å². The fraction of sp³-hybridized carbons (Fsp3) is 0.583. The largest absolute Gasteiger partial charge is 0.392 e. The highest BCUT2D eigenvalue weighted by Gasteiger charge is 2.40. The summed E-state index contributed by atoms with van der Waals surface area (Å²) >= 11 is 9.84. The number of nitrogens with zero attached hydrogens (tertiary/aromatic N) is 1. The van der Waals surface area contributed by atoms with Crippen molar-refractivity contribution < 1.29 is 4.79 Å². The second-order valence-corrected chi connectivity index (χ2v) is 7.22. The van der Waals surface area contributed by atoms with Crippen LogP contribution in [0.1, 0.15) is 39.5 Å². The van der Waals surface area contributed by atoms with Gasteiger partial charge in [0.05, 0.1) is 20.4 Å². The fourth-order valence-electron chi connectivity index (χ4n) is 2.09. The van der Waals surface area contributed by atoms with Crippen molar-refractivity contribution in [2.45, 2.75) is 39.5 Å². The summed E-state index contributed by atoms with van der Waals surface area (Å²) in [6.45, 7) is 4.05. The summed E-state index contributed by atoms with van der Waals surface area (Å²) in [4.78, 5) is 16.9. The molecule has 1 heterocycles. The molecule has 0 radical (unpaired) electrons. The summed E-state index contributed by atoms with van der Waals surface area (Å²) < 4.78 is 0.870. The van der Waals surface area contributed by atoms with Gasteiger partial charge >= 0.3 is 0 Å². The summed E-state index contributed by atoms with van der Waals surface area (Å²) in [5, 5.41) is 3.39. The first kappa shape index (κ1) is 16.5. The van der Waals surface area contributed by atoms with E-state index in [2.05, 4.69) is 26.2 Å². The molecule has 0 bridgehead atoms. The third-order valence-electron chi connectivity index (χ3n) is 2.96. The minimum atomic E-state index is -0.767. The quantitative estimate of drug-likeness (QED) is 0.724. The lowest BCUT2D eigenvalue weighted by molar-refractivity contribution is -0.122. The van der Waals surface area contributed by atoms with Gasteiger partial charge in [-0.2, -0.15) is 0 Å². The van der Waals surface area contributed by atoms with E-state index < -0.39 is 5.41 Å². The zero-order chi connectivity index (χ0) is 14.5. The SMILES string of the molecule is CCCC(CCC)(C(=O)Nc1ncc(Br)s1)C(N)=S. The second-order valence-electron chi connectivity index (χ2n) is 4.37. The van der Waals surface area contributed by atoms with Crippen molar-refractivity contribution in [2.24, 2.45) is 11.1 Å². The number of amides is 1. The number of thiazole rings is 1. The van der Waals surface area contributed by atoms with Crippen molar-refractivity contribution in [3.8, 4) is 0 Å². The molecule has 1 aromatic heterocycles. The fourth-order valence-corrected chi connectivity index (χ4v) is 3.49. The first-order valence-corrected chi connectivity index (χ1v) is 8.20. The van der Waals surface area contributed by atoms with Gasteiger partial charge in [0.25, 0.3) is 0 Å². The molecule has 0 unspecified atom stereocenters. The van der Waals surface area contributed by atoms with E-state index in [1.165, 1.54) is 11.3 Å². The third-order valence-corrected chi connectivity index (χ3v) is 4.74. The van der Waals surface area contributed by atoms with E-state index in [-0.39, 0.29) is 10.9 Å². The maximum Gasteiger partial charge on any atom is 0.239 e. The highest BCUT2D eigenvalue weighted by atomic mass is 79.9. The van der Waals surface area contributed by atoms with E-state index in [1.807, 2.05) is 13.8 Å². The molecule has 1 amide bonds. The molecule has 0 aliphatic heterocycles. The third kappa shape index (κ3) is 3.97. The van der Waals surface area contributed by atoms with Gasteiger partial charge in [-0.25, -0.2) is 4.98 Å². The number of anilines is 1. The Balaban J connectivity index is 2.95. The number of hydrogen-bond donors (Lipinski definition) is 2. The predicted molar refractivity (Wildman–Crippen MR) is 87.5 cm³/mol. The Kier molecular flexibility index (Phi) is 6.35. The van der Waals surface area contributed by atoms with Crippen molar-refractivity contribution in [1.82, 2.24) is 4.98 Å². The summed E-state index contributed by atoms with van der Waals surface area (Å²) in [5.74, 6) is -0.148. The molecular weight excluding hydrogens is 346 g/mol.